The maximum atomic E-state index is 12.9. The molecule has 0 radical (unpaired) electrons. The zero-order valence-corrected chi connectivity index (χ0v) is 18.3. The molecule has 0 aliphatic carbocycles. The lowest BCUT2D eigenvalue weighted by atomic mass is 9.98. The zero-order chi connectivity index (χ0) is 21.1. The van der Waals surface area contributed by atoms with Crippen molar-refractivity contribution >= 4 is 38.9 Å². The van der Waals surface area contributed by atoms with Crippen LogP contribution in [0.25, 0.3) is 0 Å². The van der Waals surface area contributed by atoms with E-state index in [1.54, 1.807) is 12.1 Å². The number of hydrogen-bond acceptors (Lipinski definition) is 4. The lowest BCUT2D eigenvalue weighted by molar-refractivity contribution is -0.120. The predicted octanol–water partition coefficient (Wildman–Crippen LogP) is 3.98. The molecule has 8 heteroatoms. The first-order valence-electron chi connectivity index (χ1n) is 10.3. The molecule has 1 amide bonds. The fourth-order valence-electron chi connectivity index (χ4n) is 4.11. The van der Waals surface area contributed by atoms with Gasteiger partial charge in [0.1, 0.15) is 0 Å². The molecule has 160 valence electrons. The summed E-state index contributed by atoms with van der Waals surface area (Å²) >= 11 is 5.87. The number of benzene rings is 2. The van der Waals surface area contributed by atoms with Gasteiger partial charge in [0.25, 0.3) is 0 Å². The summed E-state index contributed by atoms with van der Waals surface area (Å²) in [5.41, 5.74) is 1.91. The number of sulfonamides is 1. The number of nitrogens with one attached hydrogen (secondary N) is 1. The maximum absolute atomic E-state index is 12.9. The summed E-state index contributed by atoms with van der Waals surface area (Å²) in [4.78, 5) is 15.3. The Morgan fingerprint density at radius 2 is 1.60 bits per heavy atom. The van der Waals surface area contributed by atoms with E-state index in [-0.39, 0.29) is 23.3 Å². The van der Waals surface area contributed by atoms with Crippen molar-refractivity contribution in [3.63, 3.8) is 0 Å². The summed E-state index contributed by atoms with van der Waals surface area (Å²) in [6, 6.07) is 14.0. The lowest BCUT2D eigenvalue weighted by Crippen LogP contribution is -2.43. The normalized spacial score (nSPS) is 20.3. The molecule has 0 aromatic heterocycles. The third kappa shape index (κ3) is 4.63. The van der Waals surface area contributed by atoms with Crippen LogP contribution in [0.5, 0.6) is 0 Å². The minimum absolute atomic E-state index is 0.139. The number of anilines is 2. The van der Waals surface area contributed by atoms with Crippen LogP contribution >= 0.6 is 11.6 Å². The van der Waals surface area contributed by atoms with Gasteiger partial charge in [-0.1, -0.05) is 11.6 Å². The Morgan fingerprint density at radius 3 is 2.27 bits per heavy atom. The Labute approximate surface area is 182 Å². The molecule has 2 heterocycles. The van der Waals surface area contributed by atoms with Crippen molar-refractivity contribution < 1.29 is 13.2 Å². The highest BCUT2D eigenvalue weighted by atomic mass is 35.5. The molecular formula is C22H26ClN3O3S. The molecule has 2 aliphatic heterocycles. The van der Waals surface area contributed by atoms with Crippen molar-refractivity contribution in [2.24, 2.45) is 5.92 Å². The van der Waals surface area contributed by atoms with Gasteiger partial charge < -0.3 is 10.2 Å². The van der Waals surface area contributed by atoms with E-state index in [1.807, 2.05) is 24.3 Å². The fraction of sp³-hybridized carbons (Fsp3) is 0.409. The van der Waals surface area contributed by atoms with Crippen LogP contribution in [0.1, 0.15) is 25.7 Å². The number of rotatable bonds is 5. The molecule has 1 N–H and O–H groups in total. The first-order chi connectivity index (χ1) is 14.4. The van der Waals surface area contributed by atoms with Crippen molar-refractivity contribution in [1.82, 2.24) is 4.31 Å². The molecule has 1 unspecified atom stereocenters. The second-order valence-corrected chi connectivity index (χ2v) is 10.3. The van der Waals surface area contributed by atoms with Gasteiger partial charge in [-0.2, -0.15) is 4.31 Å². The molecule has 6 nitrogen and oxygen atoms in total. The number of carbonyl (C=O) groups excluding carboxylic acids is 1. The molecule has 2 fully saturated rings. The smallest absolute Gasteiger partial charge is 0.243 e. The monoisotopic (exact) mass is 447 g/mol. The van der Waals surface area contributed by atoms with E-state index in [4.69, 9.17) is 11.6 Å². The summed E-state index contributed by atoms with van der Waals surface area (Å²) in [6.07, 6.45) is 3.76. The van der Waals surface area contributed by atoms with Crippen molar-refractivity contribution in [3.8, 4) is 0 Å². The summed E-state index contributed by atoms with van der Waals surface area (Å²) < 4.78 is 27.3. The number of piperidine rings is 1. The van der Waals surface area contributed by atoms with E-state index in [0.29, 0.717) is 24.4 Å². The molecule has 2 aliphatic rings. The first kappa shape index (κ1) is 21.2. The van der Waals surface area contributed by atoms with Gasteiger partial charge in [-0.3, -0.25) is 4.79 Å². The predicted molar refractivity (Wildman–Crippen MR) is 119 cm³/mol. The number of nitrogens with zero attached hydrogens (tertiary/aromatic N) is 2. The van der Waals surface area contributed by atoms with Gasteiger partial charge in [0.2, 0.25) is 15.9 Å². The highest BCUT2D eigenvalue weighted by molar-refractivity contribution is 7.89. The molecular weight excluding hydrogens is 422 g/mol. The van der Waals surface area contributed by atoms with Crippen LogP contribution in [0.15, 0.2) is 53.4 Å². The minimum atomic E-state index is -3.64. The standard InChI is InChI=1S/C22H26ClN3O3S/c23-18-5-11-21(12-6-18)30(28,29)26-15-3-4-17(16-26)22(27)24-19-7-9-20(10-8-19)25-13-1-2-14-25/h5-12,17H,1-4,13-16H2,(H,24,27). The summed E-state index contributed by atoms with van der Waals surface area (Å²) in [5.74, 6) is -0.515. The number of carbonyl (C=O) groups is 1. The SMILES string of the molecule is O=C(Nc1ccc(N2CCCC2)cc1)C1CCCN(S(=O)(=O)c2ccc(Cl)cc2)C1. The average molecular weight is 448 g/mol. The number of hydrogen-bond donors (Lipinski definition) is 1. The van der Waals surface area contributed by atoms with Crippen LogP contribution in [0, 0.1) is 5.92 Å². The Hall–Kier alpha value is -2.09. The van der Waals surface area contributed by atoms with Crippen LogP contribution in [-0.4, -0.2) is 44.8 Å². The molecule has 2 aromatic carbocycles. The van der Waals surface area contributed by atoms with Crippen molar-refractivity contribution in [3.05, 3.63) is 53.6 Å². The van der Waals surface area contributed by atoms with Crippen LogP contribution < -0.4 is 10.2 Å². The van der Waals surface area contributed by atoms with Crippen molar-refractivity contribution in [2.75, 3.05) is 36.4 Å². The second kappa shape index (κ2) is 8.96. The molecule has 2 aromatic rings. The molecule has 1 atom stereocenters. The van der Waals surface area contributed by atoms with E-state index in [9.17, 15) is 13.2 Å². The van der Waals surface area contributed by atoms with E-state index in [2.05, 4.69) is 10.2 Å². The highest BCUT2D eigenvalue weighted by Gasteiger charge is 2.33. The molecule has 0 bridgehead atoms. The van der Waals surface area contributed by atoms with Crippen LogP contribution in [0.4, 0.5) is 11.4 Å². The van der Waals surface area contributed by atoms with Crippen LogP contribution in [0.2, 0.25) is 5.02 Å². The quantitative estimate of drug-likeness (QED) is 0.752. The molecule has 30 heavy (non-hydrogen) atoms. The maximum Gasteiger partial charge on any atom is 0.243 e. The van der Waals surface area contributed by atoms with Crippen molar-refractivity contribution in [1.29, 1.82) is 0 Å². The second-order valence-electron chi connectivity index (χ2n) is 7.89. The van der Waals surface area contributed by atoms with Gasteiger partial charge in [-0.25, -0.2) is 8.42 Å². The Morgan fingerprint density at radius 1 is 0.933 bits per heavy atom. The summed E-state index contributed by atoms with van der Waals surface area (Å²) in [7, 11) is -3.64. The average Bonchev–Trinajstić information content (AvgIpc) is 3.30. The molecule has 2 saturated heterocycles. The Bertz CT molecular complexity index is 987. The molecule has 0 saturated carbocycles. The van der Waals surface area contributed by atoms with Gasteiger partial charge >= 0.3 is 0 Å². The molecule has 4 rings (SSSR count). The van der Waals surface area contributed by atoms with E-state index < -0.39 is 10.0 Å². The Kier molecular flexibility index (Phi) is 6.32. The topological polar surface area (TPSA) is 69.7 Å². The van der Waals surface area contributed by atoms with E-state index in [1.165, 1.54) is 35.0 Å². The number of halogens is 1. The van der Waals surface area contributed by atoms with Gasteiger partial charge in [0.15, 0.2) is 0 Å². The van der Waals surface area contributed by atoms with Crippen LogP contribution in [-0.2, 0) is 14.8 Å². The van der Waals surface area contributed by atoms with Gasteiger partial charge in [-0.05, 0) is 74.2 Å². The largest absolute Gasteiger partial charge is 0.372 e. The van der Waals surface area contributed by atoms with Crippen LogP contribution in [0.3, 0.4) is 0 Å². The van der Waals surface area contributed by atoms with E-state index >= 15 is 0 Å². The fourth-order valence-corrected chi connectivity index (χ4v) is 5.76. The molecule has 0 spiro atoms. The first-order valence-corrected chi connectivity index (χ1v) is 12.2. The zero-order valence-electron chi connectivity index (χ0n) is 16.8. The third-order valence-corrected chi connectivity index (χ3v) is 7.94. The third-order valence-electron chi connectivity index (χ3n) is 5.81. The Balaban J connectivity index is 1.40. The minimum Gasteiger partial charge on any atom is -0.372 e. The summed E-state index contributed by atoms with van der Waals surface area (Å²) in [5, 5.41) is 3.44. The summed E-state index contributed by atoms with van der Waals surface area (Å²) in [6.45, 7) is 2.75. The highest BCUT2D eigenvalue weighted by Crippen LogP contribution is 2.26. The number of amides is 1. The van der Waals surface area contributed by atoms with Crippen molar-refractivity contribution in [2.45, 2.75) is 30.6 Å². The van der Waals surface area contributed by atoms with Gasteiger partial charge in [0, 0.05) is 42.6 Å². The van der Waals surface area contributed by atoms with Gasteiger partial charge in [0.05, 0.1) is 10.8 Å². The van der Waals surface area contributed by atoms with E-state index in [0.717, 1.165) is 18.8 Å². The lowest BCUT2D eigenvalue weighted by Gasteiger charge is -2.31. The van der Waals surface area contributed by atoms with Gasteiger partial charge in [-0.15, -0.1) is 0 Å².